The summed E-state index contributed by atoms with van der Waals surface area (Å²) in [7, 11) is 1.42. The molecule has 0 radical (unpaired) electrons. The number of fused-ring (bicyclic) bond motifs is 4. The minimum atomic E-state index is -0.753. The molecular formula is C36H42O8. The van der Waals surface area contributed by atoms with E-state index in [1.807, 2.05) is 36.4 Å². The second-order valence-electron chi connectivity index (χ2n) is 14.1. The molecule has 3 aliphatic carbocycles. The number of allylic oxidation sites excluding steroid dienone is 1. The number of carbonyl (C=O) groups is 2. The molecule has 11 atom stereocenters. The zero-order chi connectivity index (χ0) is 31.0. The van der Waals surface area contributed by atoms with E-state index in [-0.39, 0.29) is 54.9 Å². The zero-order valence-electron chi connectivity index (χ0n) is 26.0. The Morgan fingerprint density at radius 3 is 2.59 bits per heavy atom. The molecule has 8 heteroatoms. The Labute approximate surface area is 258 Å². The van der Waals surface area contributed by atoms with Crippen molar-refractivity contribution in [3.63, 3.8) is 0 Å². The van der Waals surface area contributed by atoms with Gasteiger partial charge in [0.25, 0.3) is 0 Å². The van der Waals surface area contributed by atoms with Crippen LogP contribution < -0.4 is 0 Å². The van der Waals surface area contributed by atoms with Crippen molar-refractivity contribution >= 4 is 18.0 Å². The maximum Gasteiger partial charge on any atom is 0.331 e. The molecule has 1 aromatic carbocycles. The van der Waals surface area contributed by atoms with Gasteiger partial charge in [0, 0.05) is 47.0 Å². The van der Waals surface area contributed by atoms with Crippen LogP contribution in [0, 0.1) is 28.1 Å². The fourth-order valence-electron chi connectivity index (χ4n) is 10.2. The average Bonchev–Trinajstić information content (AvgIpc) is 3.79. The van der Waals surface area contributed by atoms with Gasteiger partial charge in [-0.15, -0.1) is 0 Å². The first-order valence-corrected chi connectivity index (χ1v) is 15.7. The Kier molecular flexibility index (Phi) is 6.99. The van der Waals surface area contributed by atoms with Gasteiger partial charge in [0.15, 0.2) is 0 Å². The Bertz CT molecular complexity index is 1500. The first-order valence-electron chi connectivity index (χ1n) is 15.7. The van der Waals surface area contributed by atoms with Gasteiger partial charge in [-0.3, -0.25) is 4.79 Å². The minimum absolute atomic E-state index is 0.131. The van der Waals surface area contributed by atoms with Gasteiger partial charge in [-0.1, -0.05) is 56.7 Å². The van der Waals surface area contributed by atoms with Crippen LogP contribution in [0.15, 0.2) is 70.6 Å². The van der Waals surface area contributed by atoms with Crippen molar-refractivity contribution in [3.8, 4) is 0 Å². The monoisotopic (exact) mass is 602 g/mol. The lowest BCUT2D eigenvalue weighted by Gasteiger charge is -2.65. The molecule has 0 amide bonds. The number of rotatable bonds is 6. The predicted octanol–water partition coefficient (Wildman–Crippen LogP) is 5.47. The smallest absolute Gasteiger partial charge is 0.331 e. The molecule has 7 rings (SSSR count). The van der Waals surface area contributed by atoms with Crippen molar-refractivity contribution in [1.29, 1.82) is 0 Å². The van der Waals surface area contributed by atoms with Crippen molar-refractivity contribution in [3.05, 3.63) is 77.3 Å². The molecule has 1 N–H and O–H groups in total. The molecule has 4 fully saturated rings. The van der Waals surface area contributed by atoms with Crippen LogP contribution in [0.25, 0.3) is 6.08 Å². The van der Waals surface area contributed by atoms with Gasteiger partial charge in [0.1, 0.15) is 6.10 Å². The van der Waals surface area contributed by atoms with Crippen LogP contribution in [0.1, 0.15) is 64.0 Å². The predicted molar refractivity (Wildman–Crippen MR) is 161 cm³/mol. The van der Waals surface area contributed by atoms with E-state index in [9.17, 15) is 14.7 Å². The SMILES string of the molecule is COC(=O)CC1C2(C)C3=C(C)C(c4ccoc4)CC3OC2C2OCC3(C)C(O)CC(OC(=O)C=Cc4ccccc4)C1(C)C23. The summed E-state index contributed by atoms with van der Waals surface area (Å²) in [5.74, 6) is -1.17. The van der Waals surface area contributed by atoms with Crippen molar-refractivity contribution in [2.24, 2.45) is 28.1 Å². The van der Waals surface area contributed by atoms with Crippen molar-refractivity contribution in [1.82, 2.24) is 0 Å². The van der Waals surface area contributed by atoms with Gasteiger partial charge in [-0.2, -0.15) is 0 Å². The van der Waals surface area contributed by atoms with Crippen LogP contribution in [-0.2, 0) is 28.5 Å². The molecule has 0 spiro atoms. The van der Waals surface area contributed by atoms with Gasteiger partial charge in [-0.05, 0) is 48.1 Å². The summed E-state index contributed by atoms with van der Waals surface area (Å²) in [6.07, 6.45) is 5.64. The Hall–Kier alpha value is -3.20. The second kappa shape index (κ2) is 10.4. The topological polar surface area (TPSA) is 104 Å². The number of furan rings is 1. The van der Waals surface area contributed by atoms with Gasteiger partial charge in [-0.25, -0.2) is 4.79 Å². The van der Waals surface area contributed by atoms with Crippen molar-refractivity contribution < 1.29 is 38.1 Å². The Morgan fingerprint density at radius 1 is 1.11 bits per heavy atom. The van der Waals surface area contributed by atoms with E-state index < -0.39 is 34.4 Å². The zero-order valence-corrected chi connectivity index (χ0v) is 26.0. The van der Waals surface area contributed by atoms with Gasteiger partial charge >= 0.3 is 11.9 Å². The number of hydrogen-bond acceptors (Lipinski definition) is 8. The van der Waals surface area contributed by atoms with Crippen molar-refractivity contribution in [2.45, 2.75) is 83.4 Å². The first kappa shape index (κ1) is 29.5. The highest BCUT2D eigenvalue weighted by molar-refractivity contribution is 5.87. The summed E-state index contributed by atoms with van der Waals surface area (Å²) in [5.41, 5.74) is 2.51. The third-order valence-electron chi connectivity index (χ3n) is 12.2. The van der Waals surface area contributed by atoms with E-state index in [2.05, 4.69) is 27.7 Å². The molecule has 1 aromatic heterocycles. The lowest BCUT2D eigenvalue weighted by molar-refractivity contribution is -0.248. The number of esters is 2. The van der Waals surface area contributed by atoms with Gasteiger partial charge in [0.2, 0.25) is 0 Å². The molecule has 44 heavy (non-hydrogen) atoms. The molecule has 2 aromatic rings. The van der Waals surface area contributed by atoms with Gasteiger partial charge < -0.3 is 28.5 Å². The van der Waals surface area contributed by atoms with E-state index in [0.717, 1.165) is 17.5 Å². The molecule has 8 nitrogen and oxygen atoms in total. The summed E-state index contributed by atoms with van der Waals surface area (Å²) in [6, 6.07) is 11.6. The number of carbonyl (C=O) groups excluding carboxylic acids is 2. The lowest BCUT2D eigenvalue weighted by Crippen LogP contribution is -2.70. The second-order valence-corrected chi connectivity index (χ2v) is 14.1. The average molecular weight is 603 g/mol. The third kappa shape index (κ3) is 4.06. The number of hydrogen-bond donors (Lipinski definition) is 1. The number of aliphatic hydroxyl groups is 1. The van der Waals surface area contributed by atoms with Crippen molar-refractivity contribution in [2.75, 3.05) is 13.7 Å². The standard InChI is InChI=1S/C36H42O8/c1-20-23(22-13-14-41-18-22)15-24-30(20)36(4)25(16-29(39)40-5)35(3)27(44-28(38)12-11-21-9-7-6-8-10-21)17-26(37)34(2)19-42-31(32(34)35)33(36)43-24/h6-14,18,23-27,31-33,37H,15-17,19H2,1-5H3. The van der Waals surface area contributed by atoms with Crippen LogP contribution in [0.3, 0.4) is 0 Å². The highest BCUT2D eigenvalue weighted by Crippen LogP contribution is 2.73. The van der Waals surface area contributed by atoms with Crippen LogP contribution >= 0.6 is 0 Å². The first-order chi connectivity index (χ1) is 21.0. The summed E-state index contributed by atoms with van der Waals surface area (Å²) in [5, 5.41) is 11.6. The minimum Gasteiger partial charge on any atom is -0.472 e. The quantitative estimate of drug-likeness (QED) is 0.264. The summed E-state index contributed by atoms with van der Waals surface area (Å²) >= 11 is 0. The third-order valence-corrected chi connectivity index (χ3v) is 12.2. The van der Waals surface area contributed by atoms with Crippen LogP contribution in [0.4, 0.5) is 0 Å². The molecule has 234 valence electrons. The maximum absolute atomic E-state index is 13.4. The van der Waals surface area contributed by atoms with Crippen LogP contribution in [0.2, 0.25) is 0 Å². The highest BCUT2D eigenvalue weighted by atomic mass is 16.6. The van der Waals surface area contributed by atoms with E-state index in [1.165, 1.54) is 24.3 Å². The molecule has 5 aliphatic rings. The molecule has 2 saturated heterocycles. The Morgan fingerprint density at radius 2 is 1.89 bits per heavy atom. The number of ether oxygens (including phenoxy) is 4. The number of benzene rings is 1. The molecular weight excluding hydrogens is 560 g/mol. The summed E-state index contributed by atoms with van der Waals surface area (Å²) in [6.45, 7) is 8.96. The largest absolute Gasteiger partial charge is 0.472 e. The lowest BCUT2D eigenvalue weighted by atomic mass is 9.40. The maximum atomic E-state index is 13.4. The summed E-state index contributed by atoms with van der Waals surface area (Å²) < 4.78 is 30.7. The number of aliphatic hydroxyl groups excluding tert-OH is 1. The van der Waals surface area contributed by atoms with Crippen LogP contribution in [0.5, 0.6) is 0 Å². The Balaban J connectivity index is 1.34. The van der Waals surface area contributed by atoms with E-state index in [4.69, 9.17) is 23.4 Å². The molecule has 2 aliphatic heterocycles. The number of methoxy groups -OCH3 is 1. The van der Waals surface area contributed by atoms with E-state index in [0.29, 0.717) is 6.61 Å². The summed E-state index contributed by atoms with van der Waals surface area (Å²) in [4.78, 5) is 26.7. The fourth-order valence-corrected chi connectivity index (χ4v) is 10.2. The normalized spacial score (nSPS) is 42.2. The van der Waals surface area contributed by atoms with E-state index >= 15 is 0 Å². The highest BCUT2D eigenvalue weighted by Gasteiger charge is 2.78. The molecule has 3 heterocycles. The molecule has 11 unspecified atom stereocenters. The molecule has 2 saturated carbocycles. The van der Waals surface area contributed by atoms with E-state index in [1.54, 1.807) is 18.6 Å². The van der Waals surface area contributed by atoms with Crippen LogP contribution in [-0.4, -0.2) is 61.3 Å². The molecule has 0 bridgehead atoms. The van der Waals surface area contributed by atoms with Gasteiger partial charge in [0.05, 0.1) is 50.7 Å². The fraction of sp³-hybridized carbons (Fsp3) is 0.556.